The summed E-state index contributed by atoms with van der Waals surface area (Å²) >= 11 is 8.06. The third-order valence-corrected chi connectivity index (χ3v) is 3.28. The summed E-state index contributed by atoms with van der Waals surface area (Å²) in [5, 5.41) is 0.687. The van der Waals surface area contributed by atoms with Crippen molar-refractivity contribution in [2.24, 2.45) is 0 Å². The molecule has 0 unspecified atom stereocenters. The minimum absolute atomic E-state index is 0.0739. The van der Waals surface area contributed by atoms with E-state index in [1.165, 1.54) is 6.92 Å². The number of halogens is 2. The van der Waals surface area contributed by atoms with E-state index in [0.29, 0.717) is 16.5 Å². The van der Waals surface area contributed by atoms with Crippen molar-refractivity contribution in [2.75, 3.05) is 0 Å². The van der Waals surface area contributed by atoms with Crippen molar-refractivity contribution in [3.05, 3.63) is 44.7 Å². The number of benzene rings is 1. The van der Waals surface area contributed by atoms with Gasteiger partial charge in [-0.25, -0.2) is 0 Å². The first kappa shape index (κ1) is 11.7. The Morgan fingerprint density at radius 1 is 1.31 bits per heavy atom. The first-order valence-electron chi connectivity index (χ1n) is 4.64. The van der Waals surface area contributed by atoms with Gasteiger partial charge < -0.3 is 4.42 Å². The smallest absolute Gasteiger partial charge is 0.194 e. The lowest BCUT2D eigenvalue weighted by Crippen LogP contribution is -1.86. The molecule has 1 aromatic heterocycles. The minimum Gasteiger partial charge on any atom is -0.453 e. The summed E-state index contributed by atoms with van der Waals surface area (Å²) < 4.78 is 6.45. The maximum absolute atomic E-state index is 11.1. The zero-order chi connectivity index (χ0) is 11.7. The summed E-state index contributed by atoms with van der Waals surface area (Å²) in [5.41, 5.74) is 0.942. The lowest BCUT2D eigenvalue weighted by Gasteiger charge is -2.01. The zero-order valence-electron chi connectivity index (χ0n) is 8.46. The lowest BCUT2D eigenvalue weighted by atomic mass is 10.2. The molecule has 0 saturated heterocycles. The maximum Gasteiger partial charge on any atom is 0.194 e. The average molecular weight is 347 g/mol. The second-order valence-electron chi connectivity index (χ2n) is 3.34. The Bertz CT molecular complexity index is 546. The summed E-state index contributed by atoms with van der Waals surface area (Å²) in [6.45, 7) is 1.48. The Morgan fingerprint density at radius 2 is 2.06 bits per heavy atom. The van der Waals surface area contributed by atoms with Gasteiger partial charge in [-0.15, -0.1) is 0 Å². The molecule has 2 nitrogen and oxygen atoms in total. The van der Waals surface area contributed by atoms with E-state index in [2.05, 4.69) is 22.6 Å². The highest BCUT2D eigenvalue weighted by Crippen LogP contribution is 2.29. The molecule has 0 N–H and O–H groups in total. The first-order chi connectivity index (χ1) is 7.58. The van der Waals surface area contributed by atoms with Crippen LogP contribution in [0.5, 0.6) is 0 Å². The standard InChI is InChI=1S/C12H8ClIO2/c1-7(15)11-4-5-12(16-11)9-3-2-8(13)6-10(9)14/h2-6H,1H3. The fraction of sp³-hybridized carbons (Fsp3) is 0.0833. The number of Topliss-reactive ketones (excluding diaryl/α,β-unsaturated/α-hetero) is 1. The van der Waals surface area contributed by atoms with Crippen LogP contribution in [0.1, 0.15) is 17.5 Å². The second kappa shape index (κ2) is 4.59. The Labute approximate surface area is 112 Å². The zero-order valence-corrected chi connectivity index (χ0v) is 11.4. The molecule has 0 amide bonds. The van der Waals surface area contributed by atoms with Crippen LogP contribution in [0.2, 0.25) is 5.02 Å². The van der Waals surface area contributed by atoms with E-state index in [1.54, 1.807) is 18.2 Å². The molecule has 0 atom stereocenters. The highest BCUT2D eigenvalue weighted by Gasteiger charge is 2.10. The maximum atomic E-state index is 11.1. The van der Waals surface area contributed by atoms with Crippen LogP contribution in [0.25, 0.3) is 11.3 Å². The van der Waals surface area contributed by atoms with Gasteiger partial charge in [0.1, 0.15) is 5.76 Å². The van der Waals surface area contributed by atoms with Crippen molar-refractivity contribution < 1.29 is 9.21 Å². The van der Waals surface area contributed by atoms with Crippen LogP contribution < -0.4 is 0 Å². The monoisotopic (exact) mass is 346 g/mol. The van der Waals surface area contributed by atoms with Crippen molar-refractivity contribution in [3.63, 3.8) is 0 Å². The molecule has 0 fully saturated rings. The van der Waals surface area contributed by atoms with Crippen molar-refractivity contribution >= 4 is 40.0 Å². The first-order valence-corrected chi connectivity index (χ1v) is 6.10. The van der Waals surface area contributed by atoms with Gasteiger partial charge in [-0.05, 0) is 52.9 Å². The molecule has 2 rings (SSSR count). The highest BCUT2D eigenvalue weighted by atomic mass is 127. The summed E-state index contributed by atoms with van der Waals surface area (Å²) in [5.74, 6) is 0.988. The third kappa shape index (κ3) is 2.30. The van der Waals surface area contributed by atoms with E-state index in [0.717, 1.165) is 9.13 Å². The van der Waals surface area contributed by atoms with Crippen LogP contribution in [-0.4, -0.2) is 5.78 Å². The van der Waals surface area contributed by atoms with E-state index < -0.39 is 0 Å². The van der Waals surface area contributed by atoms with E-state index >= 15 is 0 Å². The van der Waals surface area contributed by atoms with Crippen molar-refractivity contribution in [3.8, 4) is 11.3 Å². The van der Waals surface area contributed by atoms with Crippen molar-refractivity contribution in [1.29, 1.82) is 0 Å². The van der Waals surface area contributed by atoms with Crippen LogP contribution in [0, 0.1) is 3.57 Å². The Morgan fingerprint density at radius 3 is 2.62 bits per heavy atom. The summed E-state index contributed by atoms with van der Waals surface area (Å²) in [6.07, 6.45) is 0. The molecule has 0 radical (unpaired) electrons. The molecule has 0 bridgehead atoms. The van der Waals surface area contributed by atoms with Gasteiger partial charge in [-0.2, -0.15) is 0 Å². The molecular weight excluding hydrogens is 338 g/mol. The molecule has 0 spiro atoms. The molecule has 0 aliphatic rings. The van der Waals surface area contributed by atoms with Gasteiger partial charge in [-0.3, -0.25) is 4.79 Å². The number of ketones is 1. The fourth-order valence-electron chi connectivity index (χ4n) is 1.36. The van der Waals surface area contributed by atoms with E-state index in [9.17, 15) is 4.79 Å². The minimum atomic E-state index is -0.0739. The SMILES string of the molecule is CC(=O)c1ccc(-c2ccc(Cl)cc2I)o1. The van der Waals surface area contributed by atoms with Crippen LogP contribution in [0.4, 0.5) is 0 Å². The predicted molar refractivity (Wildman–Crippen MR) is 71.9 cm³/mol. The van der Waals surface area contributed by atoms with Gasteiger partial charge in [0.05, 0.1) is 0 Å². The van der Waals surface area contributed by atoms with E-state index in [-0.39, 0.29) is 5.78 Å². The van der Waals surface area contributed by atoms with Gasteiger partial charge in [-0.1, -0.05) is 11.6 Å². The lowest BCUT2D eigenvalue weighted by molar-refractivity contribution is 0.0988. The van der Waals surface area contributed by atoms with E-state index in [4.69, 9.17) is 16.0 Å². The van der Waals surface area contributed by atoms with Crippen molar-refractivity contribution in [1.82, 2.24) is 0 Å². The molecule has 2 aromatic rings. The largest absolute Gasteiger partial charge is 0.453 e. The second-order valence-corrected chi connectivity index (χ2v) is 4.94. The Balaban J connectivity index is 2.46. The van der Waals surface area contributed by atoms with Gasteiger partial charge >= 0.3 is 0 Å². The van der Waals surface area contributed by atoms with Gasteiger partial charge in [0.2, 0.25) is 0 Å². The van der Waals surface area contributed by atoms with Gasteiger partial charge in [0.15, 0.2) is 11.5 Å². The molecule has 0 aliphatic carbocycles. The normalized spacial score (nSPS) is 10.4. The van der Waals surface area contributed by atoms with Crippen LogP contribution in [0.3, 0.4) is 0 Å². The van der Waals surface area contributed by atoms with Crippen molar-refractivity contribution in [2.45, 2.75) is 6.92 Å². The number of furan rings is 1. The van der Waals surface area contributed by atoms with Crippen LogP contribution in [0.15, 0.2) is 34.7 Å². The molecular formula is C12H8ClIO2. The highest BCUT2D eigenvalue weighted by molar-refractivity contribution is 14.1. The number of rotatable bonds is 2. The van der Waals surface area contributed by atoms with Gasteiger partial charge in [0.25, 0.3) is 0 Å². The Hall–Kier alpha value is -0.810. The molecule has 1 aromatic carbocycles. The third-order valence-electron chi connectivity index (χ3n) is 2.15. The number of hydrogen-bond donors (Lipinski definition) is 0. The van der Waals surface area contributed by atoms with E-state index in [1.807, 2.05) is 12.1 Å². The van der Waals surface area contributed by atoms with Crippen LogP contribution >= 0.6 is 34.2 Å². The summed E-state index contributed by atoms with van der Waals surface area (Å²) in [6, 6.07) is 9.01. The summed E-state index contributed by atoms with van der Waals surface area (Å²) in [4.78, 5) is 11.1. The van der Waals surface area contributed by atoms with Crippen LogP contribution in [-0.2, 0) is 0 Å². The molecule has 16 heavy (non-hydrogen) atoms. The molecule has 4 heteroatoms. The quantitative estimate of drug-likeness (QED) is 0.596. The fourth-order valence-corrected chi connectivity index (χ4v) is 2.50. The molecule has 82 valence electrons. The average Bonchev–Trinajstić information content (AvgIpc) is 2.66. The number of carbonyl (C=O) groups is 1. The Kier molecular flexibility index (Phi) is 3.35. The predicted octanol–water partition coefficient (Wildman–Crippen LogP) is 4.41. The number of hydrogen-bond acceptors (Lipinski definition) is 2. The van der Waals surface area contributed by atoms with Gasteiger partial charge in [0, 0.05) is 21.1 Å². The molecule has 1 heterocycles. The molecule has 0 aliphatic heterocycles. The topological polar surface area (TPSA) is 30.2 Å². The summed E-state index contributed by atoms with van der Waals surface area (Å²) in [7, 11) is 0. The molecule has 0 saturated carbocycles. The number of carbonyl (C=O) groups excluding carboxylic acids is 1.